The predicted octanol–water partition coefficient (Wildman–Crippen LogP) is 9.98. The molecular formula is C65H64ClF3N18O7. The highest BCUT2D eigenvalue weighted by atomic mass is 35.5. The molecule has 6 aromatic heterocycles. The Bertz CT molecular complexity index is 4080. The first-order chi connectivity index (χ1) is 45.3. The third-order valence-corrected chi connectivity index (χ3v) is 15.1. The van der Waals surface area contributed by atoms with Crippen molar-refractivity contribution in [2.24, 2.45) is 0 Å². The number of nitrogen functional groups attached to an aromatic ring is 1. The molecule has 484 valence electrons. The maximum Gasteiger partial charge on any atom is 0.311 e. The van der Waals surface area contributed by atoms with Gasteiger partial charge in [-0.1, -0.05) is 11.6 Å². The number of pyridine rings is 6. The van der Waals surface area contributed by atoms with Crippen LogP contribution < -0.4 is 32.3 Å². The standard InChI is InChI=1S/C24H26FN7O3.C24H28FN7O.C17H10ClFN4O3/c1-30-12-14-31(15-13-30)11-10-26-22-9-4-18(16-27-22)24(33)29-23-21(32(34)35)8-7-20(28-23)17-2-5-19(25)6-3-17;1-31-12-14-32(15-13-31)11-10-27-22-9-4-18(16-28-22)24(33)30-23-20(26)7-8-21(29-23)17-2-5-19(25)6-3-17;18-15-8-3-11(9-20-15)17(24)22-16-14(23(25)26)7-6-13(21-16)10-1-4-12(19)5-2-10/h2-9,16H,10-15H2,1H3,(H,26,27)(H,28,29,33);2-9,16H,10-15,26H2,1H3,(H,27,28)(H,29,30,33);1-9H,(H,21,22,24). The van der Waals surface area contributed by atoms with Crippen LogP contribution in [0.1, 0.15) is 31.1 Å². The third kappa shape index (κ3) is 19.3. The van der Waals surface area contributed by atoms with Gasteiger partial charge in [-0.15, -0.1) is 0 Å². The van der Waals surface area contributed by atoms with Gasteiger partial charge < -0.3 is 42.1 Å². The number of likely N-dealkylation sites (N-methyl/N-ethyl adjacent to an activating group) is 2. The second-order valence-electron chi connectivity index (χ2n) is 21.5. The molecule has 0 aliphatic carbocycles. The van der Waals surface area contributed by atoms with E-state index in [1.165, 1.54) is 116 Å². The largest absolute Gasteiger partial charge is 0.396 e. The number of amides is 3. The minimum absolute atomic E-state index is 0.165. The lowest BCUT2D eigenvalue weighted by molar-refractivity contribution is -0.384. The summed E-state index contributed by atoms with van der Waals surface area (Å²) in [6.07, 6.45) is 4.17. The summed E-state index contributed by atoms with van der Waals surface area (Å²) in [6, 6.07) is 35.3. The van der Waals surface area contributed by atoms with Crippen molar-refractivity contribution >= 4 is 75.5 Å². The number of carbonyl (C=O) groups excluding carboxylic acids is 3. The van der Waals surface area contributed by atoms with Gasteiger partial charge in [-0.3, -0.25) is 44.4 Å². The first-order valence-electron chi connectivity index (χ1n) is 29.4. The predicted molar refractivity (Wildman–Crippen MR) is 353 cm³/mol. The van der Waals surface area contributed by atoms with Gasteiger partial charge in [-0.25, -0.2) is 43.1 Å². The smallest absolute Gasteiger partial charge is 0.311 e. The van der Waals surface area contributed by atoms with Gasteiger partial charge in [0.05, 0.1) is 49.3 Å². The maximum atomic E-state index is 13.2. The average Bonchev–Trinajstić information content (AvgIpc) is 0.869. The number of aromatic nitrogens is 6. The van der Waals surface area contributed by atoms with E-state index in [1.54, 1.807) is 48.5 Å². The highest BCUT2D eigenvalue weighted by Gasteiger charge is 2.23. The molecule has 25 nitrogen and oxygen atoms in total. The Kier molecular flexibility index (Phi) is 23.3. The number of benzene rings is 3. The lowest BCUT2D eigenvalue weighted by atomic mass is 10.1. The molecule has 8 heterocycles. The van der Waals surface area contributed by atoms with Crippen molar-refractivity contribution < 1.29 is 37.4 Å². The highest BCUT2D eigenvalue weighted by molar-refractivity contribution is 6.29. The van der Waals surface area contributed by atoms with Crippen molar-refractivity contribution in [3.63, 3.8) is 0 Å². The Labute approximate surface area is 542 Å². The van der Waals surface area contributed by atoms with Gasteiger partial charge in [0.15, 0.2) is 5.82 Å². The monoisotopic (exact) mass is 1300 g/mol. The molecule has 3 amide bonds. The Morgan fingerprint density at radius 3 is 1.15 bits per heavy atom. The molecule has 2 aliphatic heterocycles. The Morgan fingerprint density at radius 1 is 0.468 bits per heavy atom. The number of nitrogens with two attached hydrogens (primary N) is 1. The number of hydrogen-bond acceptors (Lipinski definition) is 20. The number of nitrogens with one attached hydrogen (secondary N) is 5. The van der Waals surface area contributed by atoms with E-state index < -0.39 is 33.3 Å². The third-order valence-electron chi connectivity index (χ3n) is 14.9. The van der Waals surface area contributed by atoms with E-state index in [9.17, 15) is 47.8 Å². The normalized spacial score (nSPS) is 13.4. The molecule has 0 radical (unpaired) electrons. The molecule has 2 saturated heterocycles. The molecule has 94 heavy (non-hydrogen) atoms. The van der Waals surface area contributed by atoms with Gasteiger partial charge in [0.25, 0.3) is 17.7 Å². The van der Waals surface area contributed by atoms with Crippen LogP contribution in [-0.4, -0.2) is 170 Å². The van der Waals surface area contributed by atoms with E-state index in [1.807, 2.05) is 0 Å². The number of anilines is 6. The average molecular weight is 1300 g/mol. The quantitative estimate of drug-likeness (QED) is 0.0249. The van der Waals surface area contributed by atoms with E-state index >= 15 is 0 Å². The number of carbonyl (C=O) groups is 3. The van der Waals surface area contributed by atoms with E-state index in [2.05, 4.69) is 90.2 Å². The van der Waals surface area contributed by atoms with Gasteiger partial charge >= 0.3 is 11.4 Å². The van der Waals surface area contributed by atoms with Crippen LogP contribution in [0.3, 0.4) is 0 Å². The zero-order chi connectivity index (χ0) is 66.7. The Morgan fingerprint density at radius 2 is 0.809 bits per heavy atom. The molecule has 0 bridgehead atoms. The van der Waals surface area contributed by atoms with Crippen molar-refractivity contribution in [3.8, 4) is 33.8 Å². The van der Waals surface area contributed by atoms with Crippen molar-refractivity contribution in [2.75, 3.05) is 125 Å². The van der Waals surface area contributed by atoms with Gasteiger partial charge in [0.1, 0.15) is 34.2 Å². The molecule has 0 saturated carbocycles. The van der Waals surface area contributed by atoms with Crippen molar-refractivity contribution in [3.05, 3.63) is 224 Å². The summed E-state index contributed by atoms with van der Waals surface area (Å²) < 4.78 is 39.5. The SMILES string of the molecule is CN1CCN(CCNc2ccc(C(=O)Nc3nc(-c4ccc(F)cc4)ccc3N)cn2)CC1.CN1CCN(CCNc2ccc(C(=O)Nc3nc(-c4ccc(F)cc4)ccc3[N+](=O)[O-])cn2)CC1.O=C(Nc1nc(-c2ccc(F)cc2)ccc1[N+](=O)[O-])c1ccc(Cl)nc1. The zero-order valence-corrected chi connectivity index (χ0v) is 51.6. The Balaban J connectivity index is 0.000000168. The van der Waals surface area contributed by atoms with Gasteiger partial charge in [0.2, 0.25) is 11.6 Å². The Hall–Kier alpha value is -10.9. The fourth-order valence-corrected chi connectivity index (χ4v) is 9.55. The van der Waals surface area contributed by atoms with Crippen LogP contribution >= 0.6 is 11.6 Å². The molecule has 11 rings (SSSR count). The number of halogens is 4. The second kappa shape index (κ2) is 32.4. The van der Waals surface area contributed by atoms with Crippen LogP contribution in [0.4, 0.5) is 59.3 Å². The molecular weight excluding hydrogens is 1240 g/mol. The molecule has 7 N–H and O–H groups in total. The summed E-state index contributed by atoms with van der Waals surface area (Å²) in [5.41, 5.74) is 9.53. The molecule has 29 heteroatoms. The topological polar surface area (TPSA) is 314 Å². The van der Waals surface area contributed by atoms with E-state index in [0.29, 0.717) is 45.3 Å². The number of hydrogen-bond donors (Lipinski definition) is 6. The lowest BCUT2D eigenvalue weighted by Crippen LogP contribution is -2.45. The molecule has 0 atom stereocenters. The first-order valence-corrected chi connectivity index (χ1v) is 29.8. The van der Waals surface area contributed by atoms with Crippen molar-refractivity contribution in [2.45, 2.75) is 0 Å². The molecule has 9 aromatic rings. The summed E-state index contributed by atoms with van der Waals surface area (Å²) in [5, 5.41) is 37.1. The number of rotatable bonds is 19. The van der Waals surface area contributed by atoms with Crippen LogP contribution in [0.25, 0.3) is 33.8 Å². The molecule has 2 aliphatic rings. The summed E-state index contributed by atoms with van der Waals surface area (Å²) in [6.45, 7) is 11.9. The van der Waals surface area contributed by atoms with Crippen molar-refractivity contribution in [1.82, 2.24) is 49.5 Å². The number of nitro groups is 2. The summed E-state index contributed by atoms with van der Waals surface area (Å²) >= 11 is 5.67. The zero-order valence-electron chi connectivity index (χ0n) is 50.9. The van der Waals surface area contributed by atoms with Crippen LogP contribution in [0, 0.1) is 37.7 Å². The molecule has 3 aromatic carbocycles. The minimum Gasteiger partial charge on any atom is -0.396 e. The van der Waals surface area contributed by atoms with Crippen LogP contribution in [0.2, 0.25) is 5.15 Å². The van der Waals surface area contributed by atoms with E-state index in [4.69, 9.17) is 17.3 Å². The first kappa shape index (κ1) is 67.5. The molecule has 0 spiro atoms. The maximum absolute atomic E-state index is 13.2. The van der Waals surface area contributed by atoms with Crippen LogP contribution in [0.5, 0.6) is 0 Å². The summed E-state index contributed by atoms with van der Waals surface area (Å²) in [7, 11) is 4.26. The number of piperazine rings is 2. The van der Waals surface area contributed by atoms with Crippen LogP contribution in [0.15, 0.2) is 164 Å². The van der Waals surface area contributed by atoms with Gasteiger partial charge in [-0.2, -0.15) is 0 Å². The molecule has 2 fully saturated rings. The molecule has 0 unspecified atom stereocenters. The summed E-state index contributed by atoms with van der Waals surface area (Å²) in [5.74, 6) is -1.53. The van der Waals surface area contributed by atoms with Crippen molar-refractivity contribution in [1.29, 1.82) is 0 Å². The second-order valence-corrected chi connectivity index (χ2v) is 21.9. The fourth-order valence-electron chi connectivity index (χ4n) is 9.44. The lowest BCUT2D eigenvalue weighted by Gasteiger charge is -2.32. The van der Waals surface area contributed by atoms with E-state index in [0.717, 1.165) is 89.9 Å². The fraction of sp³-hybridized carbons (Fsp3) is 0.215. The van der Waals surface area contributed by atoms with Gasteiger partial charge in [0, 0.05) is 126 Å². The number of nitrogens with zero attached hydrogens (tertiary/aromatic N) is 12. The van der Waals surface area contributed by atoms with Gasteiger partial charge in [-0.05, 0) is 148 Å². The van der Waals surface area contributed by atoms with Crippen LogP contribution in [-0.2, 0) is 0 Å². The highest BCUT2D eigenvalue weighted by Crippen LogP contribution is 2.30. The minimum atomic E-state index is -0.656. The summed E-state index contributed by atoms with van der Waals surface area (Å²) in [4.78, 5) is 93.7. The van der Waals surface area contributed by atoms with E-state index in [-0.39, 0.29) is 56.8 Å².